The summed E-state index contributed by atoms with van der Waals surface area (Å²) >= 11 is 0. The molecule has 0 aromatic heterocycles. The van der Waals surface area contributed by atoms with Gasteiger partial charge in [0.15, 0.2) is 5.92 Å². The van der Waals surface area contributed by atoms with E-state index in [2.05, 4.69) is 6.92 Å². The molecular weight excluding hydrogens is 232 g/mol. The molecule has 1 atom stereocenters. The van der Waals surface area contributed by atoms with E-state index in [1.165, 1.54) is 0 Å². The SMILES string of the molecule is CCCCCC(C(=O)OCC)C(=O)OCCCC. The summed E-state index contributed by atoms with van der Waals surface area (Å²) in [5.41, 5.74) is 0. The zero-order valence-corrected chi connectivity index (χ0v) is 11.9. The van der Waals surface area contributed by atoms with Crippen LogP contribution < -0.4 is 0 Å². The first-order valence-corrected chi connectivity index (χ1v) is 7.00. The van der Waals surface area contributed by atoms with Gasteiger partial charge in [-0.25, -0.2) is 0 Å². The number of esters is 2. The van der Waals surface area contributed by atoms with Crippen LogP contribution in [0, 0.1) is 5.92 Å². The van der Waals surface area contributed by atoms with Gasteiger partial charge >= 0.3 is 11.9 Å². The molecule has 0 bridgehead atoms. The number of carbonyl (C=O) groups is 2. The van der Waals surface area contributed by atoms with Crippen LogP contribution in [-0.4, -0.2) is 25.2 Å². The van der Waals surface area contributed by atoms with E-state index < -0.39 is 17.9 Å². The van der Waals surface area contributed by atoms with E-state index in [1.807, 2.05) is 6.92 Å². The van der Waals surface area contributed by atoms with Crippen LogP contribution in [0.2, 0.25) is 0 Å². The zero-order valence-electron chi connectivity index (χ0n) is 11.9. The normalized spacial score (nSPS) is 11.9. The number of rotatable bonds is 10. The highest BCUT2D eigenvalue weighted by atomic mass is 16.6. The Hall–Kier alpha value is -1.06. The molecule has 1 unspecified atom stereocenters. The molecule has 0 rings (SSSR count). The van der Waals surface area contributed by atoms with Crippen LogP contribution in [0.25, 0.3) is 0 Å². The Kier molecular flexibility index (Phi) is 10.4. The van der Waals surface area contributed by atoms with Crippen molar-refractivity contribution in [1.82, 2.24) is 0 Å². The predicted octanol–water partition coefficient (Wildman–Crippen LogP) is 3.09. The van der Waals surface area contributed by atoms with E-state index in [1.54, 1.807) is 6.92 Å². The average Bonchev–Trinajstić information content (AvgIpc) is 2.35. The zero-order chi connectivity index (χ0) is 13.8. The number of hydrogen-bond donors (Lipinski definition) is 0. The smallest absolute Gasteiger partial charge is 0.320 e. The van der Waals surface area contributed by atoms with Gasteiger partial charge in [0.25, 0.3) is 0 Å². The number of carbonyl (C=O) groups excluding carboxylic acids is 2. The molecule has 4 heteroatoms. The highest BCUT2D eigenvalue weighted by molar-refractivity contribution is 5.94. The van der Waals surface area contributed by atoms with Crippen LogP contribution in [0.1, 0.15) is 59.3 Å². The molecule has 0 amide bonds. The Balaban J connectivity index is 4.24. The van der Waals surface area contributed by atoms with Crippen molar-refractivity contribution in [2.24, 2.45) is 5.92 Å². The van der Waals surface area contributed by atoms with Crippen molar-refractivity contribution >= 4 is 11.9 Å². The third-order valence-electron chi connectivity index (χ3n) is 2.69. The van der Waals surface area contributed by atoms with Crippen LogP contribution in [0.4, 0.5) is 0 Å². The first-order chi connectivity index (χ1) is 8.67. The fourth-order valence-corrected chi connectivity index (χ4v) is 1.59. The molecule has 0 saturated heterocycles. The maximum absolute atomic E-state index is 11.8. The third kappa shape index (κ3) is 7.30. The quantitative estimate of drug-likeness (QED) is 0.343. The summed E-state index contributed by atoms with van der Waals surface area (Å²) in [4.78, 5) is 23.5. The van der Waals surface area contributed by atoms with Crippen molar-refractivity contribution in [3.63, 3.8) is 0 Å². The van der Waals surface area contributed by atoms with Crippen LogP contribution in [0.5, 0.6) is 0 Å². The standard InChI is InChI=1S/C14H26O4/c1-4-7-9-10-12(13(15)17-6-3)14(16)18-11-8-5-2/h12H,4-11H2,1-3H3. The van der Waals surface area contributed by atoms with Gasteiger partial charge in [-0.2, -0.15) is 0 Å². The molecule has 0 aromatic rings. The Morgan fingerprint density at radius 1 is 0.889 bits per heavy atom. The lowest BCUT2D eigenvalue weighted by atomic mass is 10.0. The molecule has 0 fully saturated rings. The summed E-state index contributed by atoms with van der Waals surface area (Å²) in [6.45, 7) is 6.53. The lowest BCUT2D eigenvalue weighted by Crippen LogP contribution is -2.28. The minimum atomic E-state index is -0.742. The summed E-state index contributed by atoms with van der Waals surface area (Å²) in [6, 6.07) is 0. The molecule has 0 aliphatic carbocycles. The minimum Gasteiger partial charge on any atom is -0.465 e. The monoisotopic (exact) mass is 258 g/mol. The topological polar surface area (TPSA) is 52.6 Å². The van der Waals surface area contributed by atoms with Gasteiger partial charge in [0.1, 0.15) is 0 Å². The fraction of sp³-hybridized carbons (Fsp3) is 0.857. The van der Waals surface area contributed by atoms with Gasteiger partial charge in [-0.1, -0.05) is 39.5 Å². The van der Waals surface area contributed by atoms with Crippen LogP contribution >= 0.6 is 0 Å². The van der Waals surface area contributed by atoms with Crippen molar-refractivity contribution < 1.29 is 19.1 Å². The Morgan fingerprint density at radius 2 is 1.50 bits per heavy atom. The molecule has 4 nitrogen and oxygen atoms in total. The van der Waals surface area contributed by atoms with Gasteiger partial charge in [0.05, 0.1) is 13.2 Å². The van der Waals surface area contributed by atoms with Gasteiger partial charge in [-0.3, -0.25) is 9.59 Å². The second-order valence-electron chi connectivity index (χ2n) is 4.32. The largest absolute Gasteiger partial charge is 0.465 e. The summed E-state index contributed by atoms with van der Waals surface area (Å²) in [5.74, 6) is -1.62. The van der Waals surface area contributed by atoms with E-state index in [0.29, 0.717) is 19.6 Å². The molecule has 18 heavy (non-hydrogen) atoms. The molecule has 0 N–H and O–H groups in total. The second kappa shape index (κ2) is 11.1. The van der Waals surface area contributed by atoms with Gasteiger partial charge < -0.3 is 9.47 Å². The molecule has 0 aliphatic heterocycles. The molecule has 0 aromatic carbocycles. The first kappa shape index (κ1) is 16.9. The maximum Gasteiger partial charge on any atom is 0.320 e. The fourth-order valence-electron chi connectivity index (χ4n) is 1.59. The van der Waals surface area contributed by atoms with Crippen LogP contribution in [0.3, 0.4) is 0 Å². The van der Waals surface area contributed by atoms with Crippen LogP contribution in [0.15, 0.2) is 0 Å². The molecule has 0 spiro atoms. The Morgan fingerprint density at radius 3 is 2.06 bits per heavy atom. The lowest BCUT2D eigenvalue weighted by Gasteiger charge is -2.14. The van der Waals surface area contributed by atoms with Gasteiger partial charge in [0, 0.05) is 0 Å². The molecule has 0 radical (unpaired) electrons. The predicted molar refractivity (Wildman–Crippen MR) is 70.1 cm³/mol. The molecule has 0 saturated carbocycles. The van der Waals surface area contributed by atoms with E-state index in [0.717, 1.165) is 32.1 Å². The van der Waals surface area contributed by atoms with Crippen LogP contribution in [-0.2, 0) is 19.1 Å². The first-order valence-electron chi connectivity index (χ1n) is 7.00. The van der Waals surface area contributed by atoms with Crippen molar-refractivity contribution in [3.05, 3.63) is 0 Å². The number of hydrogen-bond acceptors (Lipinski definition) is 4. The van der Waals surface area contributed by atoms with Gasteiger partial charge in [0.2, 0.25) is 0 Å². The number of unbranched alkanes of at least 4 members (excludes halogenated alkanes) is 3. The Labute approximate surface area is 110 Å². The van der Waals surface area contributed by atoms with Crippen molar-refractivity contribution in [2.45, 2.75) is 59.3 Å². The highest BCUT2D eigenvalue weighted by Crippen LogP contribution is 2.14. The van der Waals surface area contributed by atoms with Crippen molar-refractivity contribution in [3.8, 4) is 0 Å². The van der Waals surface area contributed by atoms with Gasteiger partial charge in [-0.15, -0.1) is 0 Å². The molecule has 0 aliphatic rings. The summed E-state index contributed by atoms with van der Waals surface area (Å²) in [6.07, 6.45) is 5.24. The van der Waals surface area contributed by atoms with Crippen molar-refractivity contribution in [2.75, 3.05) is 13.2 Å². The van der Waals surface area contributed by atoms with Gasteiger partial charge in [-0.05, 0) is 19.8 Å². The summed E-state index contributed by atoms with van der Waals surface area (Å²) < 4.78 is 10.0. The summed E-state index contributed by atoms with van der Waals surface area (Å²) in [5, 5.41) is 0. The third-order valence-corrected chi connectivity index (χ3v) is 2.69. The van der Waals surface area contributed by atoms with E-state index in [9.17, 15) is 9.59 Å². The van der Waals surface area contributed by atoms with Crippen molar-refractivity contribution in [1.29, 1.82) is 0 Å². The average molecular weight is 258 g/mol. The van der Waals surface area contributed by atoms with E-state index >= 15 is 0 Å². The minimum absolute atomic E-state index is 0.297. The number of ether oxygens (including phenoxy) is 2. The van der Waals surface area contributed by atoms with E-state index in [4.69, 9.17) is 9.47 Å². The lowest BCUT2D eigenvalue weighted by molar-refractivity contribution is -0.162. The molecule has 0 heterocycles. The Bertz CT molecular complexity index is 238. The summed E-state index contributed by atoms with van der Waals surface area (Å²) in [7, 11) is 0. The molecule has 106 valence electrons. The van der Waals surface area contributed by atoms with E-state index in [-0.39, 0.29) is 0 Å². The highest BCUT2D eigenvalue weighted by Gasteiger charge is 2.28. The maximum atomic E-state index is 11.8. The second-order valence-corrected chi connectivity index (χ2v) is 4.32. The molecular formula is C14H26O4.